The Morgan fingerprint density at radius 2 is 1.96 bits per heavy atom. The maximum atomic E-state index is 12.0. The zero-order valence-corrected chi connectivity index (χ0v) is 15.0. The van der Waals surface area contributed by atoms with Crippen molar-refractivity contribution >= 4 is 33.5 Å². The number of carbonyl (C=O) groups excluding carboxylic acids is 1. The van der Waals surface area contributed by atoms with Crippen LogP contribution in [0.4, 0.5) is 5.69 Å². The highest BCUT2D eigenvalue weighted by atomic mass is 79.9. The number of rotatable bonds is 6. The molecule has 1 amide bonds. The highest BCUT2D eigenvalue weighted by molar-refractivity contribution is 9.10. The van der Waals surface area contributed by atoms with Gasteiger partial charge in [0.15, 0.2) is 6.61 Å². The van der Waals surface area contributed by atoms with Gasteiger partial charge in [0.05, 0.1) is 5.56 Å². The second-order valence-corrected chi connectivity index (χ2v) is 6.48. The van der Waals surface area contributed by atoms with Gasteiger partial charge in [-0.25, -0.2) is 4.79 Å². The van der Waals surface area contributed by atoms with E-state index in [4.69, 9.17) is 9.84 Å². The van der Waals surface area contributed by atoms with E-state index >= 15 is 0 Å². The van der Waals surface area contributed by atoms with E-state index in [0.29, 0.717) is 11.4 Å². The van der Waals surface area contributed by atoms with E-state index in [9.17, 15) is 9.59 Å². The van der Waals surface area contributed by atoms with Crippen LogP contribution in [0.1, 0.15) is 35.7 Å². The number of nitrogens with one attached hydrogen (secondary N) is 1. The van der Waals surface area contributed by atoms with Crippen molar-refractivity contribution in [3.05, 3.63) is 58.1 Å². The molecule has 0 saturated carbocycles. The third-order valence-corrected chi connectivity index (χ3v) is 3.84. The second kappa shape index (κ2) is 7.97. The molecule has 2 aromatic rings. The van der Waals surface area contributed by atoms with Crippen LogP contribution in [-0.4, -0.2) is 23.6 Å². The number of amides is 1. The number of aromatic carboxylic acids is 1. The lowest BCUT2D eigenvalue weighted by molar-refractivity contribution is -0.118. The van der Waals surface area contributed by atoms with Crippen LogP contribution in [0.25, 0.3) is 0 Å². The van der Waals surface area contributed by atoms with Gasteiger partial charge >= 0.3 is 5.97 Å². The molecule has 24 heavy (non-hydrogen) atoms. The molecule has 0 unspecified atom stereocenters. The standard InChI is InChI=1S/C18H18BrNO4/c1-11(2)15-9-13(19)6-7-16(15)24-10-17(21)20-14-5-3-4-12(8-14)18(22)23/h3-9,11H,10H2,1-2H3,(H,20,21)(H,22,23). The lowest BCUT2D eigenvalue weighted by Crippen LogP contribution is -2.20. The summed E-state index contributed by atoms with van der Waals surface area (Å²) in [5.41, 5.74) is 1.54. The van der Waals surface area contributed by atoms with Crippen LogP contribution in [0.5, 0.6) is 5.75 Å². The molecule has 126 valence electrons. The molecule has 0 spiro atoms. The first-order valence-electron chi connectivity index (χ1n) is 7.42. The summed E-state index contributed by atoms with van der Waals surface area (Å²) in [6.07, 6.45) is 0. The van der Waals surface area contributed by atoms with Crippen molar-refractivity contribution in [2.45, 2.75) is 19.8 Å². The minimum absolute atomic E-state index is 0.115. The number of hydrogen-bond acceptors (Lipinski definition) is 3. The Balaban J connectivity index is 2.01. The number of halogens is 1. The summed E-state index contributed by atoms with van der Waals surface area (Å²) in [6.45, 7) is 3.94. The number of ether oxygens (including phenoxy) is 1. The fourth-order valence-corrected chi connectivity index (χ4v) is 2.55. The summed E-state index contributed by atoms with van der Waals surface area (Å²) in [6, 6.07) is 11.7. The summed E-state index contributed by atoms with van der Waals surface area (Å²) >= 11 is 3.42. The first kappa shape index (κ1) is 18.0. The average Bonchev–Trinajstić information content (AvgIpc) is 2.53. The Hall–Kier alpha value is -2.34. The number of hydrogen-bond donors (Lipinski definition) is 2. The zero-order valence-electron chi connectivity index (χ0n) is 13.4. The Labute approximate surface area is 148 Å². The van der Waals surface area contributed by atoms with Crippen LogP contribution in [0, 0.1) is 0 Å². The topological polar surface area (TPSA) is 75.6 Å². The van der Waals surface area contributed by atoms with Crippen molar-refractivity contribution in [3.63, 3.8) is 0 Å². The smallest absolute Gasteiger partial charge is 0.335 e. The van der Waals surface area contributed by atoms with Crippen molar-refractivity contribution in [2.24, 2.45) is 0 Å². The van der Waals surface area contributed by atoms with E-state index in [-0.39, 0.29) is 24.0 Å². The molecule has 0 aliphatic rings. The molecule has 0 atom stereocenters. The van der Waals surface area contributed by atoms with Crippen molar-refractivity contribution in [3.8, 4) is 5.75 Å². The summed E-state index contributed by atoms with van der Waals surface area (Å²) in [5, 5.41) is 11.6. The number of carboxylic acid groups (broad SMARTS) is 1. The molecule has 2 rings (SSSR count). The predicted molar refractivity (Wildman–Crippen MR) is 95.8 cm³/mol. The average molecular weight is 392 g/mol. The quantitative estimate of drug-likeness (QED) is 0.769. The van der Waals surface area contributed by atoms with Gasteiger partial charge in [0.25, 0.3) is 5.91 Å². The van der Waals surface area contributed by atoms with Crippen LogP contribution in [-0.2, 0) is 4.79 Å². The van der Waals surface area contributed by atoms with Gasteiger partial charge in [0.2, 0.25) is 0 Å². The van der Waals surface area contributed by atoms with Crippen LogP contribution in [0.3, 0.4) is 0 Å². The van der Waals surface area contributed by atoms with Gasteiger partial charge in [-0.1, -0.05) is 35.8 Å². The van der Waals surface area contributed by atoms with Gasteiger partial charge < -0.3 is 15.2 Å². The number of benzene rings is 2. The van der Waals surface area contributed by atoms with Crippen LogP contribution < -0.4 is 10.1 Å². The van der Waals surface area contributed by atoms with Crippen LogP contribution >= 0.6 is 15.9 Å². The molecule has 0 radical (unpaired) electrons. The molecule has 2 N–H and O–H groups in total. The normalized spacial score (nSPS) is 10.5. The number of carbonyl (C=O) groups is 2. The molecule has 6 heteroatoms. The van der Waals surface area contributed by atoms with Crippen LogP contribution in [0.2, 0.25) is 0 Å². The molecular formula is C18H18BrNO4. The molecule has 5 nitrogen and oxygen atoms in total. The molecule has 0 saturated heterocycles. The van der Waals surface area contributed by atoms with E-state index in [2.05, 4.69) is 21.2 Å². The molecular weight excluding hydrogens is 374 g/mol. The molecule has 0 fully saturated rings. The molecule has 0 aliphatic heterocycles. The van der Waals surface area contributed by atoms with Gasteiger partial charge in [0, 0.05) is 10.2 Å². The minimum atomic E-state index is -1.04. The van der Waals surface area contributed by atoms with Gasteiger partial charge in [0.1, 0.15) is 5.75 Å². The SMILES string of the molecule is CC(C)c1cc(Br)ccc1OCC(=O)Nc1cccc(C(=O)O)c1. The predicted octanol–water partition coefficient (Wildman–Crippen LogP) is 4.29. The summed E-state index contributed by atoms with van der Waals surface area (Å²) in [5.74, 6) is -0.482. The number of carboxylic acids is 1. The lowest BCUT2D eigenvalue weighted by atomic mass is 10.0. The van der Waals surface area contributed by atoms with E-state index in [0.717, 1.165) is 10.0 Å². The lowest BCUT2D eigenvalue weighted by Gasteiger charge is -2.14. The molecule has 2 aromatic carbocycles. The first-order chi connectivity index (χ1) is 11.4. The third-order valence-electron chi connectivity index (χ3n) is 3.35. The maximum absolute atomic E-state index is 12.0. The van der Waals surface area contributed by atoms with E-state index in [1.54, 1.807) is 12.1 Å². The van der Waals surface area contributed by atoms with Gasteiger partial charge in [-0.3, -0.25) is 4.79 Å². The largest absolute Gasteiger partial charge is 0.483 e. The zero-order chi connectivity index (χ0) is 17.7. The minimum Gasteiger partial charge on any atom is -0.483 e. The van der Waals surface area contributed by atoms with E-state index in [1.165, 1.54) is 12.1 Å². The summed E-state index contributed by atoms with van der Waals surface area (Å²) < 4.78 is 6.57. The third kappa shape index (κ3) is 4.83. The fourth-order valence-electron chi connectivity index (χ4n) is 2.17. The fraction of sp³-hybridized carbons (Fsp3) is 0.222. The Morgan fingerprint density at radius 3 is 2.62 bits per heavy atom. The Morgan fingerprint density at radius 1 is 1.21 bits per heavy atom. The van der Waals surface area contributed by atoms with Crippen molar-refractivity contribution in [1.29, 1.82) is 0 Å². The second-order valence-electron chi connectivity index (χ2n) is 5.56. The maximum Gasteiger partial charge on any atom is 0.335 e. The monoisotopic (exact) mass is 391 g/mol. The van der Waals surface area contributed by atoms with Crippen molar-refractivity contribution < 1.29 is 19.4 Å². The molecule has 0 heterocycles. The van der Waals surface area contributed by atoms with Gasteiger partial charge in [-0.15, -0.1) is 0 Å². The summed E-state index contributed by atoms with van der Waals surface area (Å²) in [7, 11) is 0. The molecule has 0 aromatic heterocycles. The number of anilines is 1. The van der Waals surface area contributed by atoms with Crippen molar-refractivity contribution in [1.82, 2.24) is 0 Å². The van der Waals surface area contributed by atoms with Gasteiger partial charge in [-0.05, 0) is 47.9 Å². The van der Waals surface area contributed by atoms with E-state index < -0.39 is 5.97 Å². The van der Waals surface area contributed by atoms with Crippen LogP contribution in [0.15, 0.2) is 46.9 Å². The Bertz CT molecular complexity index is 758. The molecule has 0 bridgehead atoms. The van der Waals surface area contributed by atoms with E-state index in [1.807, 2.05) is 32.0 Å². The molecule has 0 aliphatic carbocycles. The highest BCUT2D eigenvalue weighted by Gasteiger charge is 2.11. The summed E-state index contributed by atoms with van der Waals surface area (Å²) in [4.78, 5) is 23.0. The Kier molecular flexibility index (Phi) is 5.98. The van der Waals surface area contributed by atoms with Crippen molar-refractivity contribution in [2.75, 3.05) is 11.9 Å². The first-order valence-corrected chi connectivity index (χ1v) is 8.21. The van der Waals surface area contributed by atoms with Gasteiger partial charge in [-0.2, -0.15) is 0 Å². The highest BCUT2D eigenvalue weighted by Crippen LogP contribution is 2.29.